The Morgan fingerprint density at radius 2 is 1.85 bits per heavy atom. The molecule has 0 amide bonds. The van der Waals surface area contributed by atoms with Gasteiger partial charge < -0.3 is 9.47 Å². The smallest absolute Gasteiger partial charge is 0.416 e. The van der Waals surface area contributed by atoms with E-state index in [1.807, 2.05) is 0 Å². The third-order valence-corrected chi connectivity index (χ3v) is 3.72. The highest BCUT2D eigenvalue weighted by Gasteiger charge is 2.31. The van der Waals surface area contributed by atoms with Crippen molar-refractivity contribution < 1.29 is 32.2 Å². The average molecular weight is 366 g/mol. The van der Waals surface area contributed by atoms with Crippen molar-refractivity contribution in [3.05, 3.63) is 53.1 Å². The van der Waals surface area contributed by atoms with Gasteiger partial charge in [0.2, 0.25) is 0 Å². The molecule has 0 saturated carbocycles. The fourth-order valence-corrected chi connectivity index (χ4v) is 2.52. The largest absolute Gasteiger partial charge is 0.496 e. The zero-order valence-electron chi connectivity index (χ0n) is 14.2. The molecule has 0 bridgehead atoms. The van der Waals surface area contributed by atoms with E-state index in [9.17, 15) is 22.8 Å². The first-order chi connectivity index (χ1) is 12.3. The number of rotatable bonds is 6. The molecule has 0 atom stereocenters. The van der Waals surface area contributed by atoms with Crippen LogP contribution in [0.1, 0.15) is 28.4 Å². The quantitative estimate of drug-likeness (QED) is 0.565. The summed E-state index contributed by atoms with van der Waals surface area (Å²) < 4.78 is 49.3. The van der Waals surface area contributed by atoms with Crippen LogP contribution < -0.4 is 4.74 Å². The van der Waals surface area contributed by atoms with Gasteiger partial charge in [-0.3, -0.25) is 9.59 Å². The maximum atomic E-state index is 13.1. The normalized spacial score (nSPS) is 11.1. The molecule has 0 radical (unpaired) electrons. The van der Waals surface area contributed by atoms with Crippen molar-refractivity contribution in [2.45, 2.75) is 19.5 Å². The lowest BCUT2D eigenvalue weighted by atomic mass is 9.95. The molecule has 0 fully saturated rings. The molecule has 26 heavy (non-hydrogen) atoms. The molecular weight excluding hydrogens is 349 g/mol. The second-order valence-electron chi connectivity index (χ2n) is 5.43. The molecular formula is C19H17F3O4. The Kier molecular flexibility index (Phi) is 6.02. The zero-order valence-corrected chi connectivity index (χ0v) is 14.2. The van der Waals surface area contributed by atoms with Gasteiger partial charge in [-0.2, -0.15) is 13.2 Å². The minimum absolute atomic E-state index is 0.0414. The van der Waals surface area contributed by atoms with Crippen molar-refractivity contribution in [3.8, 4) is 16.9 Å². The van der Waals surface area contributed by atoms with E-state index in [2.05, 4.69) is 0 Å². The Bertz CT molecular complexity index is 813. The van der Waals surface area contributed by atoms with E-state index >= 15 is 0 Å². The van der Waals surface area contributed by atoms with Crippen LogP contribution in [0.4, 0.5) is 13.2 Å². The van der Waals surface area contributed by atoms with E-state index in [4.69, 9.17) is 9.47 Å². The second-order valence-corrected chi connectivity index (χ2v) is 5.43. The average Bonchev–Trinajstić information content (AvgIpc) is 2.60. The van der Waals surface area contributed by atoms with E-state index in [0.717, 1.165) is 18.2 Å². The van der Waals surface area contributed by atoms with Crippen molar-refractivity contribution >= 4 is 12.3 Å². The molecule has 0 spiro atoms. The van der Waals surface area contributed by atoms with Crippen LogP contribution in [0.2, 0.25) is 0 Å². The predicted octanol–water partition coefficient (Wildman–Crippen LogP) is 4.30. The van der Waals surface area contributed by atoms with Gasteiger partial charge in [0, 0.05) is 11.1 Å². The maximum Gasteiger partial charge on any atom is 0.416 e. The predicted molar refractivity (Wildman–Crippen MR) is 89.2 cm³/mol. The number of hydrogen-bond acceptors (Lipinski definition) is 4. The SMILES string of the molecule is CCOC(=O)Cc1ccc(OC)c(-c2cc(C(F)(F)F)ccc2C=O)c1. The third kappa shape index (κ3) is 4.41. The van der Waals surface area contributed by atoms with E-state index in [0.29, 0.717) is 23.2 Å². The first-order valence-corrected chi connectivity index (χ1v) is 7.79. The standard InChI is InChI=1S/C19H17F3O4/c1-3-26-18(24)9-12-4-7-17(25-2)16(8-12)15-10-14(19(20,21)22)6-5-13(15)11-23/h4-8,10-11H,3,9H2,1-2H3. The van der Waals surface area contributed by atoms with Gasteiger partial charge in [0.15, 0.2) is 6.29 Å². The number of aldehydes is 1. The molecule has 0 N–H and O–H groups in total. The van der Waals surface area contributed by atoms with Crippen molar-refractivity contribution in [2.75, 3.05) is 13.7 Å². The molecule has 0 aliphatic rings. The first kappa shape index (κ1) is 19.5. The second kappa shape index (κ2) is 8.03. The van der Waals surface area contributed by atoms with Gasteiger partial charge >= 0.3 is 12.1 Å². The molecule has 2 rings (SSSR count). The molecule has 4 nitrogen and oxygen atoms in total. The summed E-state index contributed by atoms with van der Waals surface area (Å²) in [6.07, 6.45) is -4.11. The number of carbonyl (C=O) groups excluding carboxylic acids is 2. The van der Waals surface area contributed by atoms with Crippen molar-refractivity contribution in [1.29, 1.82) is 0 Å². The van der Waals surface area contributed by atoms with Crippen molar-refractivity contribution in [3.63, 3.8) is 0 Å². The topological polar surface area (TPSA) is 52.6 Å². The zero-order chi connectivity index (χ0) is 19.3. The van der Waals surface area contributed by atoms with Gasteiger partial charge in [-0.1, -0.05) is 12.1 Å². The lowest BCUT2D eigenvalue weighted by Gasteiger charge is -2.15. The van der Waals surface area contributed by atoms with Crippen molar-refractivity contribution in [2.24, 2.45) is 0 Å². The van der Waals surface area contributed by atoms with Gasteiger partial charge in [-0.25, -0.2) is 0 Å². The van der Waals surface area contributed by atoms with Crippen LogP contribution in [0.3, 0.4) is 0 Å². The van der Waals surface area contributed by atoms with E-state index < -0.39 is 17.7 Å². The molecule has 0 aliphatic carbocycles. The number of carbonyl (C=O) groups is 2. The first-order valence-electron chi connectivity index (χ1n) is 7.79. The molecule has 2 aromatic rings. The Hall–Kier alpha value is -2.83. The van der Waals surface area contributed by atoms with Crippen LogP contribution >= 0.6 is 0 Å². The summed E-state index contributed by atoms with van der Waals surface area (Å²) in [5.74, 6) is -0.164. The van der Waals surface area contributed by atoms with Gasteiger partial charge in [-0.15, -0.1) is 0 Å². The highest BCUT2D eigenvalue weighted by molar-refractivity contribution is 5.90. The van der Waals surface area contributed by atoms with Crippen LogP contribution in [0.15, 0.2) is 36.4 Å². The molecule has 2 aromatic carbocycles. The fourth-order valence-electron chi connectivity index (χ4n) is 2.52. The third-order valence-electron chi connectivity index (χ3n) is 3.72. The fraction of sp³-hybridized carbons (Fsp3) is 0.263. The molecule has 7 heteroatoms. The Morgan fingerprint density at radius 3 is 2.42 bits per heavy atom. The van der Waals surface area contributed by atoms with Crippen LogP contribution in [0.25, 0.3) is 11.1 Å². The molecule has 0 heterocycles. The summed E-state index contributed by atoms with van der Waals surface area (Å²) in [4.78, 5) is 23.0. The minimum Gasteiger partial charge on any atom is -0.496 e. The summed E-state index contributed by atoms with van der Waals surface area (Å²) in [6.45, 7) is 1.90. The number of methoxy groups -OCH3 is 1. The number of hydrogen-bond donors (Lipinski definition) is 0. The summed E-state index contributed by atoms with van der Waals surface area (Å²) in [6, 6.07) is 7.55. The lowest BCUT2D eigenvalue weighted by molar-refractivity contribution is -0.142. The highest BCUT2D eigenvalue weighted by Crippen LogP contribution is 2.37. The van der Waals surface area contributed by atoms with E-state index in [1.165, 1.54) is 13.2 Å². The number of ether oxygens (including phenoxy) is 2. The number of alkyl halides is 3. The highest BCUT2D eigenvalue weighted by atomic mass is 19.4. The Morgan fingerprint density at radius 1 is 1.12 bits per heavy atom. The minimum atomic E-state index is -4.55. The molecule has 0 unspecified atom stereocenters. The molecule has 0 saturated heterocycles. The van der Waals surface area contributed by atoms with Gasteiger partial charge in [0.1, 0.15) is 5.75 Å². The number of benzene rings is 2. The summed E-state index contributed by atoms with van der Waals surface area (Å²) >= 11 is 0. The van der Waals surface area contributed by atoms with E-state index in [1.54, 1.807) is 19.1 Å². The molecule has 138 valence electrons. The van der Waals surface area contributed by atoms with E-state index in [-0.39, 0.29) is 24.2 Å². The van der Waals surface area contributed by atoms with Gasteiger partial charge in [0.25, 0.3) is 0 Å². The maximum absolute atomic E-state index is 13.1. The molecule has 0 aromatic heterocycles. The Balaban J connectivity index is 2.58. The van der Waals surface area contributed by atoms with Crippen molar-refractivity contribution in [1.82, 2.24) is 0 Å². The van der Waals surface area contributed by atoms with Gasteiger partial charge in [0.05, 0.1) is 25.7 Å². The summed E-state index contributed by atoms with van der Waals surface area (Å²) in [5, 5.41) is 0. The lowest BCUT2D eigenvalue weighted by Crippen LogP contribution is -2.08. The van der Waals surface area contributed by atoms with Gasteiger partial charge in [-0.05, 0) is 42.3 Å². The summed E-state index contributed by atoms with van der Waals surface area (Å²) in [5.41, 5.74) is 0.119. The summed E-state index contributed by atoms with van der Waals surface area (Å²) in [7, 11) is 1.37. The van der Waals surface area contributed by atoms with Crippen LogP contribution in [0, 0.1) is 0 Å². The van der Waals surface area contributed by atoms with Crippen LogP contribution in [-0.4, -0.2) is 26.0 Å². The van der Waals surface area contributed by atoms with Crippen LogP contribution in [0.5, 0.6) is 5.75 Å². The monoisotopic (exact) mass is 366 g/mol. The molecule has 0 aliphatic heterocycles. The Labute approximate surface area is 148 Å². The number of esters is 1. The number of halogens is 3. The van der Waals surface area contributed by atoms with Crippen LogP contribution in [-0.2, 0) is 22.1 Å².